The van der Waals surface area contributed by atoms with Gasteiger partial charge in [-0.2, -0.15) is 0 Å². The van der Waals surface area contributed by atoms with E-state index in [1.54, 1.807) is 0 Å². The fourth-order valence-corrected chi connectivity index (χ4v) is 3.83. The normalized spacial score (nSPS) is 11.3. The smallest absolute Gasteiger partial charge is 0.128 e. The fourth-order valence-electron chi connectivity index (χ4n) is 3.83. The second-order valence-electron chi connectivity index (χ2n) is 8.13. The number of ether oxygens (including phenoxy) is 1. The number of hydrogen-bond donors (Lipinski definition) is 1. The van der Waals surface area contributed by atoms with Crippen molar-refractivity contribution < 1.29 is 4.74 Å². The van der Waals surface area contributed by atoms with Gasteiger partial charge in [-0.3, -0.25) is 4.98 Å². The molecule has 0 aliphatic heterocycles. The summed E-state index contributed by atoms with van der Waals surface area (Å²) in [6, 6.07) is 8.77. The van der Waals surface area contributed by atoms with Crippen LogP contribution in [0.25, 0.3) is 11.3 Å². The molecule has 1 N–H and O–H groups in total. The standard InChI is InChI=1S/C26H40N2O/c1-7-10-11-12-16-27-18-23-20(6)28-24(17-25(23)29-19(4)5)26-21(8-2)14-13-15-22(26)9-3/h13-15,17,19,27H,7-12,16,18H2,1-6H3. The van der Waals surface area contributed by atoms with Crippen LogP contribution >= 0.6 is 0 Å². The molecule has 0 bridgehead atoms. The van der Waals surface area contributed by atoms with Gasteiger partial charge in [0.25, 0.3) is 0 Å². The van der Waals surface area contributed by atoms with E-state index in [9.17, 15) is 0 Å². The van der Waals surface area contributed by atoms with Crippen LogP contribution in [0.4, 0.5) is 0 Å². The third-order valence-corrected chi connectivity index (χ3v) is 5.42. The van der Waals surface area contributed by atoms with Gasteiger partial charge in [-0.05, 0) is 57.7 Å². The first kappa shape index (κ1) is 23.4. The molecule has 1 aromatic carbocycles. The van der Waals surface area contributed by atoms with Gasteiger partial charge in [0.15, 0.2) is 0 Å². The lowest BCUT2D eigenvalue weighted by atomic mass is 9.94. The zero-order valence-electron chi connectivity index (χ0n) is 19.4. The number of aryl methyl sites for hydroxylation is 3. The highest BCUT2D eigenvalue weighted by Gasteiger charge is 2.17. The average Bonchev–Trinajstić information content (AvgIpc) is 2.70. The number of benzene rings is 1. The van der Waals surface area contributed by atoms with Crippen LogP contribution in [-0.2, 0) is 19.4 Å². The molecule has 3 nitrogen and oxygen atoms in total. The van der Waals surface area contributed by atoms with Gasteiger partial charge >= 0.3 is 0 Å². The van der Waals surface area contributed by atoms with E-state index in [1.807, 2.05) is 0 Å². The first-order valence-corrected chi connectivity index (χ1v) is 11.5. The van der Waals surface area contributed by atoms with Crippen LogP contribution in [0.2, 0.25) is 0 Å². The van der Waals surface area contributed by atoms with Gasteiger partial charge in [0.2, 0.25) is 0 Å². The summed E-state index contributed by atoms with van der Waals surface area (Å²) < 4.78 is 6.25. The number of aromatic nitrogens is 1. The first-order chi connectivity index (χ1) is 14.0. The van der Waals surface area contributed by atoms with E-state index in [0.29, 0.717) is 0 Å². The van der Waals surface area contributed by atoms with Crippen LogP contribution in [-0.4, -0.2) is 17.6 Å². The molecule has 0 aliphatic rings. The Morgan fingerprint density at radius 1 is 1.00 bits per heavy atom. The van der Waals surface area contributed by atoms with E-state index in [1.165, 1.54) is 47.9 Å². The molecule has 2 aromatic rings. The molecule has 160 valence electrons. The molecular weight excluding hydrogens is 356 g/mol. The van der Waals surface area contributed by atoms with Crippen molar-refractivity contribution in [3.05, 3.63) is 46.6 Å². The van der Waals surface area contributed by atoms with E-state index in [-0.39, 0.29) is 6.10 Å². The topological polar surface area (TPSA) is 34.1 Å². The Morgan fingerprint density at radius 2 is 1.69 bits per heavy atom. The van der Waals surface area contributed by atoms with Crippen LogP contribution in [0.15, 0.2) is 24.3 Å². The summed E-state index contributed by atoms with van der Waals surface area (Å²) in [5, 5.41) is 3.60. The van der Waals surface area contributed by atoms with Crippen molar-refractivity contribution >= 4 is 0 Å². The Morgan fingerprint density at radius 3 is 2.28 bits per heavy atom. The zero-order chi connectivity index (χ0) is 21.2. The maximum atomic E-state index is 6.25. The summed E-state index contributed by atoms with van der Waals surface area (Å²) in [5.41, 5.74) is 7.28. The summed E-state index contributed by atoms with van der Waals surface area (Å²) in [5.74, 6) is 0.969. The lowest BCUT2D eigenvalue weighted by Crippen LogP contribution is -2.18. The Hall–Kier alpha value is -1.87. The van der Waals surface area contributed by atoms with Crippen molar-refractivity contribution in [2.75, 3.05) is 6.54 Å². The zero-order valence-corrected chi connectivity index (χ0v) is 19.4. The molecule has 29 heavy (non-hydrogen) atoms. The summed E-state index contributed by atoms with van der Waals surface area (Å²) in [6.07, 6.45) is 7.26. The molecule has 0 saturated carbocycles. The van der Waals surface area contributed by atoms with Crippen LogP contribution in [0.1, 0.15) is 82.7 Å². The molecule has 0 radical (unpaired) electrons. The Bertz CT molecular complexity index is 745. The summed E-state index contributed by atoms with van der Waals surface area (Å²) in [7, 11) is 0. The number of rotatable bonds is 12. The quantitative estimate of drug-likeness (QED) is 0.408. The van der Waals surface area contributed by atoms with E-state index in [2.05, 4.69) is 71.1 Å². The Balaban J connectivity index is 2.35. The summed E-state index contributed by atoms with van der Waals surface area (Å²) >= 11 is 0. The van der Waals surface area contributed by atoms with Gasteiger partial charge < -0.3 is 10.1 Å². The Kier molecular flexibility index (Phi) is 9.66. The maximum absolute atomic E-state index is 6.25. The molecule has 0 unspecified atom stereocenters. The van der Waals surface area contributed by atoms with Crippen LogP contribution in [0.3, 0.4) is 0 Å². The van der Waals surface area contributed by atoms with Gasteiger partial charge in [0.1, 0.15) is 5.75 Å². The van der Waals surface area contributed by atoms with E-state index in [0.717, 1.165) is 43.1 Å². The minimum Gasteiger partial charge on any atom is -0.491 e. The lowest BCUT2D eigenvalue weighted by molar-refractivity contribution is 0.239. The molecule has 0 fully saturated rings. The molecule has 0 atom stereocenters. The lowest BCUT2D eigenvalue weighted by Gasteiger charge is -2.20. The SMILES string of the molecule is CCCCCCNCc1c(OC(C)C)cc(-c2c(CC)cccc2CC)nc1C. The molecule has 1 aromatic heterocycles. The van der Waals surface area contributed by atoms with Crippen molar-refractivity contribution in [2.45, 2.75) is 92.7 Å². The van der Waals surface area contributed by atoms with Gasteiger partial charge in [-0.15, -0.1) is 0 Å². The third kappa shape index (κ3) is 6.57. The second kappa shape index (κ2) is 12.0. The molecular formula is C26H40N2O. The van der Waals surface area contributed by atoms with Crippen molar-refractivity contribution in [3.63, 3.8) is 0 Å². The van der Waals surface area contributed by atoms with E-state index >= 15 is 0 Å². The monoisotopic (exact) mass is 396 g/mol. The predicted molar refractivity (Wildman–Crippen MR) is 125 cm³/mol. The fraction of sp³-hybridized carbons (Fsp3) is 0.577. The van der Waals surface area contributed by atoms with Crippen molar-refractivity contribution in [1.82, 2.24) is 10.3 Å². The van der Waals surface area contributed by atoms with Crippen molar-refractivity contribution in [3.8, 4) is 17.0 Å². The van der Waals surface area contributed by atoms with Crippen LogP contribution in [0.5, 0.6) is 5.75 Å². The summed E-state index contributed by atoms with van der Waals surface area (Å²) in [4.78, 5) is 5.04. The molecule has 2 rings (SSSR count). The number of unbranched alkanes of at least 4 members (excludes halogenated alkanes) is 3. The van der Waals surface area contributed by atoms with Crippen molar-refractivity contribution in [2.24, 2.45) is 0 Å². The van der Waals surface area contributed by atoms with E-state index in [4.69, 9.17) is 9.72 Å². The highest BCUT2D eigenvalue weighted by Crippen LogP contribution is 2.33. The highest BCUT2D eigenvalue weighted by molar-refractivity contribution is 5.70. The Labute approximate surface area is 178 Å². The first-order valence-electron chi connectivity index (χ1n) is 11.5. The highest BCUT2D eigenvalue weighted by atomic mass is 16.5. The molecule has 3 heteroatoms. The minimum atomic E-state index is 0.139. The largest absolute Gasteiger partial charge is 0.491 e. The maximum Gasteiger partial charge on any atom is 0.128 e. The molecule has 0 aliphatic carbocycles. The minimum absolute atomic E-state index is 0.139. The summed E-state index contributed by atoms with van der Waals surface area (Å²) in [6.45, 7) is 14.8. The van der Waals surface area contributed by atoms with Gasteiger partial charge in [-0.25, -0.2) is 0 Å². The second-order valence-corrected chi connectivity index (χ2v) is 8.13. The number of pyridine rings is 1. The molecule has 0 spiro atoms. The van der Waals surface area contributed by atoms with Gasteiger partial charge in [0.05, 0.1) is 11.8 Å². The molecule has 0 amide bonds. The average molecular weight is 397 g/mol. The van der Waals surface area contributed by atoms with Crippen molar-refractivity contribution in [1.29, 1.82) is 0 Å². The predicted octanol–water partition coefficient (Wildman–Crippen LogP) is 6.64. The van der Waals surface area contributed by atoms with Crippen LogP contribution in [0, 0.1) is 6.92 Å². The van der Waals surface area contributed by atoms with Gasteiger partial charge in [-0.1, -0.05) is 58.2 Å². The number of nitrogens with zero attached hydrogens (tertiary/aromatic N) is 1. The van der Waals surface area contributed by atoms with Crippen LogP contribution < -0.4 is 10.1 Å². The van der Waals surface area contributed by atoms with Gasteiger partial charge in [0, 0.05) is 29.4 Å². The van der Waals surface area contributed by atoms with E-state index < -0.39 is 0 Å². The molecule has 1 heterocycles. The number of nitrogens with one attached hydrogen (secondary N) is 1. The third-order valence-electron chi connectivity index (χ3n) is 5.42. The molecule has 0 saturated heterocycles. The number of hydrogen-bond acceptors (Lipinski definition) is 3.